The van der Waals surface area contributed by atoms with Gasteiger partial charge in [0.15, 0.2) is 0 Å². The molecular weight excluding hydrogens is 303 g/mol. The second-order valence-corrected chi connectivity index (χ2v) is 6.49. The van der Waals surface area contributed by atoms with E-state index in [0.29, 0.717) is 5.02 Å². The predicted octanol–water partition coefficient (Wildman–Crippen LogP) is 6.03. The third-order valence-corrected chi connectivity index (χ3v) is 4.46. The van der Waals surface area contributed by atoms with Crippen LogP contribution in [0, 0.1) is 0 Å². The first-order valence-electron chi connectivity index (χ1n) is 8.10. The van der Waals surface area contributed by atoms with Crippen LogP contribution >= 0.6 is 23.2 Å². The molecule has 120 valence electrons. The predicted molar refractivity (Wildman–Crippen MR) is 93.8 cm³/mol. The van der Waals surface area contributed by atoms with E-state index in [1.165, 1.54) is 44.9 Å². The summed E-state index contributed by atoms with van der Waals surface area (Å²) in [5.41, 5.74) is 3.86. The van der Waals surface area contributed by atoms with Crippen LogP contribution < -0.4 is 11.3 Å². The fourth-order valence-electron chi connectivity index (χ4n) is 2.59. The van der Waals surface area contributed by atoms with Crippen LogP contribution in [-0.2, 0) is 0 Å². The van der Waals surface area contributed by atoms with E-state index in [9.17, 15) is 0 Å². The van der Waals surface area contributed by atoms with Crippen molar-refractivity contribution in [3.05, 3.63) is 33.8 Å². The van der Waals surface area contributed by atoms with Crippen molar-refractivity contribution in [3.63, 3.8) is 0 Å². The number of nitrogens with one attached hydrogen (secondary N) is 1. The maximum absolute atomic E-state index is 6.23. The second kappa shape index (κ2) is 11.3. The lowest BCUT2D eigenvalue weighted by molar-refractivity contribution is 0.475. The first-order valence-corrected chi connectivity index (χ1v) is 8.85. The van der Waals surface area contributed by atoms with Crippen LogP contribution in [0.3, 0.4) is 0 Å². The molecule has 2 nitrogen and oxygen atoms in total. The van der Waals surface area contributed by atoms with Gasteiger partial charge in [0.05, 0.1) is 0 Å². The van der Waals surface area contributed by atoms with Gasteiger partial charge in [-0.1, -0.05) is 81.5 Å². The Hall–Kier alpha value is -0.280. The summed E-state index contributed by atoms with van der Waals surface area (Å²) in [6, 6.07) is 5.62. The standard InChI is InChI=1S/C17H28Cl2N2/c1-2-3-4-5-6-7-8-9-10-17(21-20)15-13-14(18)11-12-16(15)19/h11-13,17,21H,2-10,20H2,1H3. The molecule has 0 amide bonds. The van der Waals surface area contributed by atoms with Gasteiger partial charge in [0, 0.05) is 16.1 Å². The molecule has 0 radical (unpaired) electrons. The fourth-order valence-corrected chi connectivity index (χ4v) is 3.02. The Bertz CT molecular complexity index is 396. The highest BCUT2D eigenvalue weighted by Crippen LogP contribution is 2.29. The Balaban J connectivity index is 2.27. The van der Waals surface area contributed by atoms with Crippen LogP contribution in [0.4, 0.5) is 0 Å². The molecule has 1 aromatic rings. The van der Waals surface area contributed by atoms with Crippen molar-refractivity contribution in [2.45, 2.75) is 70.8 Å². The molecule has 0 saturated heterocycles. The van der Waals surface area contributed by atoms with Gasteiger partial charge in [-0.05, 0) is 30.2 Å². The lowest BCUT2D eigenvalue weighted by Gasteiger charge is -2.18. The largest absolute Gasteiger partial charge is 0.271 e. The molecule has 0 heterocycles. The zero-order chi connectivity index (χ0) is 15.5. The van der Waals surface area contributed by atoms with Crippen molar-refractivity contribution in [2.24, 2.45) is 5.84 Å². The van der Waals surface area contributed by atoms with Gasteiger partial charge in [-0.3, -0.25) is 11.3 Å². The van der Waals surface area contributed by atoms with Crippen LogP contribution in [0.25, 0.3) is 0 Å². The summed E-state index contributed by atoms with van der Waals surface area (Å²) >= 11 is 12.3. The Labute approximate surface area is 139 Å². The van der Waals surface area contributed by atoms with Crippen molar-refractivity contribution in [1.29, 1.82) is 0 Å². The lowest BCUT2D eigenvalue weighted by Crippen LogP contribution is -2.28. The molecule has 3 N–H and O–H groups in total. The molecule has 0 aliphatic heterocycles. The molecule has 0 saturated carbocycles. The van der Waals surface area contributed by atoms with E-state index >= 15 is 0 Å². The number of hydrazine groups is 1. The number of halogens is 2. The minimum Gasteiger partial charge on any atom is -0.271 e. The zero-order valence-corrected chi connectivity index (χ0v) is 14.5. The lowest BCUT2D eigenvalue weighted by atomic mass is 10.00. The first-order chi connectivity index (χ1) is 10.2. The molecule has 21 heavy (non-hydrogen) atoms. The molecule has 1 rings (SSSR count). The third-order valence-electron chi connectivity index (χ3n) is 3.88. The Morgan fingerprint density at radius 3 is 2.24 bits per heavy atom. The zero-order valence-electron chi connectivity index (χ0n) is 13.0. The van der Waals surface area contributed by atoms with Crippen molar-refractivity contribution in [3.8, 4) is 0 Å². The van der Waals surface area contributed by atoms with Crippen molar-refractivity contribution in [2.75, 3.05) is 0 Å². The Morgan fingerprint density at radius 1 is 1.00 bits per heavy atom. The summed E-state index contributed by atoms with van der Waals surface area (Å²) in [5, 5.41) is 1.42. The SMILES string of the molecule is CCCCCCCCCCC(NN)c1cc(Cl)ccc1Cl. The number of rotatable bonds is 11. The summed E-state index contributed by atoms with van der Waals surface area (Å²) < 4.78 is 0. The molecule has 1 aromatic carbocycles. The molecule has 0 bridgehead atoms. The van der Waals surface area contributed by atoms with Gasteiger partial charge >= 0.3 is 0 Å². The Morgan fingerprint density at radius 2 is 1.62 bits per heavy atom. The monoisotopic (exact) mass is 330 g/mol. The van der Waals surface area contributed by atoms with Gasteiger partial charge in [-0.15, -0.1) is 0 Å². The van der Waals surface area contributed by atoms with Crippen molar-refractivity contribution >= 4 is 23.2 Å². The number of hydrogen-bond donors (Lipinski definition) is 2. The number of benzene rings is 1. The van der Waals surface area contributed by atoms with E-state index in [-0.39, 0.29) is 6.04 Å². The van der Waals surface area contributed by atoms with E-state index < -0.39 is 0 Å². The summed E-state index contributed by atoms with van der Waals surface area (Å²) in [4.78, 5) is 0. The highest BCUT2D eigenvalue weighted by atomic mass is 35.5. The number of hydrogen-bond acceptors (Lipinski definition) is 2. The highest BCUT2D eigenvalue weighted by molar-refractivity contribution is 6.33. The fraction of sp³-hybridized carbons (Fsp3) is 0.647. The molecule has 0 fully saturated rings. The van der Waals surface area contributed by atoms with Crippen LogP contribution in [0.2, 0.25) is 10.0 Å². The minimum absolute atomic E-state index is 0.0799. The summed E-state index contributed by atoms with van der Waals surface area (Å²) in [6.45, 7) is 2.25. The van der Waals surface area contributed by atoms with Gasteiger partial charge in [-0.25, -0.2) is 0 Å². The molecule has 0 spiro atoms. The van der Waals surface area contributed by atoms with E-state index in [2.05, 4.69) is 12.3 Å². The van der Waals surface area contributed by atoms with Crippen LogP contribution in [0.1, 0.15) is 76.3 Å². The molecule has 1 unspecified atom stereocenters. The summed E-state index contributed by atoms with van der Waals surface area (Å²) in [7, 11) is 0. The van der Waals surface area contributed by atoms with E-state index in [1.807, 2.05) is 12.1 Å². The van der Waals surface area contributed by atoms with E-state index in [1.54, 1.807) is 6.07 Å². The van der Waals surface area contributed by atoms with Gasteiger partial charge in [-0.2, -0.15) is 0 Å². The smallest absolute Gasteiger partial charge is 0.0475 e. The topological polar surface area (TPSA) is 38.0 Å². The highest BCUT2D eigenvalue weighted by Gasteiger charge is 2.13. The maximum atomic E-state index is 6.23. The summed E-state index contributed by atoms with van der Waals surface area (Å²) in [5.74, 6) is 5.67. The number of unbranched alkanes of at least 4 members (excludes halogenated alkanes) is 7. The van der Waals surface area contributed by atoms with Crippen molar-refractivity contribution < 1.29 is 0 Å². The average molecular weight is 331 g/mol. The molecular formula is C17H28Cl2N2. The molecule has 0 aliphatic carbocycles. The summed E-state index contributed by atoms with van der Waals surface area (Å²) in [6.07, 6.45) is 11.5. The van der Waals surface area contributed by atoms with Gasteiger partial charge in [0.25, 0.3) is 0 Å². The number of nitrogens with two attached hydrogens (primary N) is 1. The van der Waals surface area contributed by atoms with Crippen LogP contribution in [-0.4, -0.2) is 0 Å². The average Bonchev–Trinajstić information content (AvgIpc) is 2.49. The minimum atomic E-state index is 0.0799. The van der Waals surface area contributed by atoms with Gasteiger partial charge in [0.2, 0.25) is 0 Å². The van der Waals surface area contributed by atoms with E-state index in [4.69, 9.17) is 29.0 Å². The first kappa shape index (κ1) is 18.8. The van der Waals surface area contributed by atoms with Crippen LogP contribution in [0.5, 0.6) is 0 Å². The molecule has 1 atom stereocenters. The normalized spacial score (nSPS) is 12.6. The van der Waals surface area contributed by atoms with E-state index in [0.717, 1.165) is 23.4 Å². The van der Waals surface area contributed by atoms with Crippen LogP contribution in [0.15, 0.2) is 18.2 Å². The molecule has 4 heteroatoms. The quantitative estimate of drug-likeness (QED) is 0.295. The second-order valence-electron chi connectivity index (χ2n) is 5.65. The van der Waals surface area contributed by atoms with Gasteiger partial charge < -0.3 is 0 Å². The van der Waals surface area contributed by atoms with Crippen molar-refractivity contribution in [1.82, 2.24) is 5.43 Å². The maximum Gasteiger partial charge on any atom is 0.0475 e. The third kappa shape index (κ3) is 7.51. The molecule has 0 aliphatic rings. The molecule has 0 aromatic heterocycles. The van der Waals surface area contributed by atoms with Gasteiger partial charge in [0.1, 0.15) is 0 Å². The Kier molecular flexibility index (Phi) is 10.1.